The molecule has 24 heavy (non-hydrogen) atoms. The number of ether oxygens (including phenoxy) is 1. The summed E-state index contributed by atoms with van der Waals surface area (Å²) >= 11 is 0. The molecule has 0 radical (unpaired) electrons. The monoisotopic (exact) mass is 354 g/mol. The van der Waals surface area contributed by atoms with Crippen LogP contribution in [0, 0.1) is 5.92 Å². The molecule has 7 heteroatoms. The van der Waals surface area contributed by atoms with Gasteiger partial charge in [-0.1, -0.05) is 12.1 Å². The molecule has 0 spiro atoms. The zero-order chi connectivity index (χ0) is 17.6. The van der Waals surface area contributed by atoms with Crippen molar-refractivity contribution < 1.29 is 17.9 Å². The van der Waals surface area contributed by atoms with Gasteiger partial charge in [0.15, 0.2) is 0 Å². The van der Waals surface area contributed by atoms with Crippen molar-refractivity contribution in [2.75, 3.05) is 25.4 Å². The van der Waals surface area contributed by atoms with Gasteiger partial charge < -0.3 is 10.1 Å². The summed E-state index contributed by atoms with van der Waals surface area (Å²) in [6.07, 6.45) is 1.45. The van der Waals surface area contributed by atoms with Crippen LogP contribution in [0.25, 0.3) is 0 Å². The first-order valence-electron chi connectivity index (χ1n) is 8.43. The van der Waals surface area contributed by atoms with Gasteiger partial charge in [-0.25, -0.2) is 12.7 Å². The highest BCUT2D eigenvalue weighted by molar-refractivity contribution is 7.89. The van der Waals surface area contributed by atoms with E-state index in [4.69, 9.17) is 4.74 Å². The molecule has 1 aromatic carbocycles. The summed E-state index contributed by atoms with van der Waals surface area (Å²) in [7, 11) is -3.23. The van der Waals surface area contributed by atoms with Crippen LogP contribution in [0.4, 0.5) is 0 Å². The standard InChI is InChI=1S/C17H26N2O4S/c1-3-23-16-9-7-14(8-10-16)12-18-17(20)15-6-5-11-19(13-15)24(21,22)4-2/h7-10,15H,3-6,11-13H2,1-2H3,(H,18,20). The number of hydrogen-bond acceptors (Lipinski definition) is 4. The van der Waals surface area contributed by atoms with E-state index in [1.807, 2.05) is 31.2 Å². The number of carbonyl (C=O) groups excluding carboxylic acids is 1. The lowest BCUT2D eigenvalue weighted by Crippen LogP contribution is -2.45. The average molecular weight is 354 g/mol. The van der Waals surface area contributed by atoms with E-state index in [1.165, 1.54) is 4.31 Å². The summed E-state index contributed by atoms with van der Waals surface area (Å²) in [4.78, 5) is 12.3. The van der Waals surface area contributed by atoms with E-state index in [-0.39, 0.29) is 24.1 Å². The third-order valence-electron chi connectivity index (χ3n) is 4.21. The number of carbonyl (C=O) groups is 1. The smallest absolute Gasteiger partial charge is 0.224 e. The van der Waals surface area contributed by atoms with Crippen molar-refractivity contribution in [2.24, 2.45) is 5.92 Å². The minimum Gasteiger partial charge on any atom is -0.494 e. The normalized spacial score (nSPS) is 19.0. The molecule has 0 bridgehead atoms. The molecule has 1 fully saturated rings. The van der Waals surface area contributed by atoms with Crippen LogP contribution >= 0.6 is 0 Å². The Kier molecular flexibility index (Phi) is 6.62. The topological polar surface area (TPSA) is 75.7 Å². The Balaban J connectivity index is 1.87. The van der Waals surface area contributed by atoms with E-state index in [9.17, 15) is 13.2 Å². The lowest BCUT2D eigenvalue weighted by molar-refractivity contribution is -0.126. The first-order chi connectivity index (χ1) is 11.5. The van der Waals surface area contributed by atoms with Crippen molar-refractivity contribution in [3.63, 3.8) is 0 Å². The Morgan fingerprint density at radius 3 is 2.62 bits per heavy atom. The van der Waals surface area contributed by atoms with Gasteiger partial charge in [-0.3, -0.25) is 4.79 Å². The number of sulfonamides is 1. The van der Waals surface area contributed by atoms with Gasteiger partial charge in [0.2, 0.25) is 15.9 Å². The van der Waals surface area contributed by atoms with Crippen LogP contribution in [0.5, 0.6) is 5.75 Å². The number of amides is 1. The van der Waals surface area contributed by atoms with Crippen LogP contribution < -0.4 is 10.1 Å². The van der Waals surface area contributed by atoms with E-state index in [0.717, 1.165) is 24.2 Å². The minimum atomic E-state index is -3.23. The van der Waals surface area contributed by atoms with Crippen LogP contribution in [-0.4, -0.2) is 44.1 Å². The Morgan fingerprint density at radius 1 is 1.29 bits per heavy atom. The summed E-state index contributed by atoms with van der Waals surface area (Å²) in [6, 6.07) is 7.59. The highest BCUT2D eigenvalue weighted by Crippen LogP contribution is 2.20. The van der Waals surface area contributed by atoms with Crippen LogP contribution in [-0.2, 0) is 21.4 Å². The molecule has 1 amide bonds. The van der Waals surface area contributed by atoms with E-state index in [0.29, 0.717) is 19.7 Å². The second-order valence-electron chi connectivity index (χ2n) is 5.89. The van der Waals surface area contributed by atoms with Gasteiger partial charge in [0, 0.05) is 19.6 Å². The largest absolute Gasteiger partial charge is 0.494 e. The Morgan fingerprint density at radius 2 is 2.00 bits per heavy atom. The summed E-state index contributed by atoms with van der Waals surface area (Å²) in [5.41, 5.74) is 0.987. The molecule has 0 saturated carbocycles. The maximum absolute atomic E-state index is 12.3. The molecule has 0 aliphatic carbocycles. The first kappa shape index (κ1) is 18.7. The van der Waals surface area contributed by atoms with Crippen LogP contribution in [0.15, 0.2) is 24.3 Å². The van der Waals surface area contributed by atoms with Gasteiger partial charge in [0.05, 0.1) is 18.3 Å². The molecule has 0 aromatic heterocycles. The third kappa shape index (κ3) is 4.95. The Bertz CT molecular complexity index is 643. The zero-order valence-corrected chi connectivity index (χ0v) is 15.1. The fraction of sp³-hybridized carbons (Fsp3) is 0.588. The maximum atomic E-state index is 12.3. The second kappa shape index (κ2) is 8.48. The predicted octanol–water partition coefficient (Wildman–Crippen LogP) is 1.76. The minimum absolute atomic E-state index is 0.0769. The second-order valence-corrected chi connectivity index (χ2v) is 8.15. The lowest BCUT2D eigenvalue weighted by atomic mass is 9.99. The predicted molar refractivity (Wildman–Crippen MR) is 93.2 cm³/mol. The lowest BCUT2D eigenvalue weighted by Gasteiger charge is -2.30. The SMILES string of the molecule is CCOc1ccc(CNC(=O)C2CCCN(S(=O)(=O)CC)C2)cc1. The number of benzene rings is 1. The van der Waals surface area contributed by atoms with E-state index < -0.39 is 10.0 Å². The molecule has 1 atom stereocenters. The Labute approximate surface area is 144 Å². The van der Waals surface area contributed by atoms with Crippen molar-refractivity contribution >= 4 is 15.9 Å². The molecule has 1 heterocycles. The first-order valence-corrected chi connectivity index (χ1v) is 10.0. The van der Waals surface area contributed by atoms with Crippen molar-refractivity contribution in [2.45, 2.75) is 33.2 Å². The zero-order valence-electron chi connectivity index (χ0n) is 14.3. The summed E-state index contributed by atoms with van der Waals surface area (Å²) in [5.74, 6) is 0.524. The number of hydrogen-bond donors (Lipinski definition) is 1. The molecule has 1 N–H and O–H groups in total. The molecule has 1 aliphatic rings. The molecular formula is C17H26N2O4S. The van der Waals surface area contributed by atoms with Gasteiger partial charge in [-0.2, -0.15) is 0 Å². The van der Waals surface area contributed by atoms with Crippen LogP contribution in [0.3, 0.4) is 0 Å². The molecular weight excluding hydrogens is 328 g/mol. The number of piperidine rings is 1. The fourth-order valence-electron chi connectivity index (χ4n) is 2.80. The molecule has 1 aromatic rings. The van der Waals surface area contributed by atoms with Gasteiger partial charge in [-0.05, 0) is 44.4 Å². The molecule has 1 saturated heterocycles. The Hall–Kier alpha value is -1.60. The van der Waals surface area contributed by atoms with E-state index in [1.54, 1.807) is 6.92 Å². The van der Waals surface area contributed by atoms with Gasteiger partial charge >= 0.3 is 0 Å². The molecule has 134 valence electrons. The molecule has 1 unspecified atom stereocenters. The summed E-state index contributed by atoms with van der Waals surface area (Å²) in [5, 5.41) is 2.91. The number of nitrogens with one attached hydrogen (secondary N) is 1. The third-order valence-corrected chi connectivity index (χ3v) is 6.06. The van der Waals surface area contributed by atoms with Gasteiger partial charge in [-0.15, -0.1) is 0 Å². The van der Waals surface area contributed by atoms with Crippen molar-refractivity contribution in [3.8, 4) is 5.75 Å². The summed E-state index contributed by atoms with van der Waals surface area (Å²) < 4.78 is 30.8. The molecule has 2 rings (SSSR count). The van der Waals surface area contributed by atoms with Crippen molar-refractivity contribution in [1.29, 1.82) is 0 Å². The van der Waals surface area contributed by atoms with Crippen LogP contribution in [0.2, 0.25) is 0 Å². The van der Waals surface area contributed by atoms with E-state index >= 15 is 0 Å². The highest BCUT2D eigenvalue weighted by Gasteiger charge is 2.31. The van der Waals surface area contributed by atoms with E-state index in [2.05, 4.69) is 5.32 Å². The molecule has 1 aliphatic heterocycles. The van der Waals surface area contributed by atoms with Crippen molar-refractivity contribution in [1.82, 2.24) is 9.62 Å². The number of nitrogens with zero attached hydrogens (tertiary/aromatic N) is 1. The summed E-state index contributed by atoms with van der Waals surface area (Å²) in [6.45, 7) is 5.41. The quantitative estimate of drug-likeness (QED) is 0.810. The van der Waals surface area contributed by atoms with Gasteiger partial charge in [0.1, 0.15) is 5.75 Å². The fourth-order valence-corrected chi connectivity index (χ4v) is 3.97. The van der Waals surface area contributed by atoms with Crippen molar-refractivity contribution in [3.05, 3.63) is 29.8 Å². The van der Waals surface area contributed by atoms with Gasteiger partial charge in [0.25, 0.3) is 0 Å². The maximum Gasteiger partial charge on any atom is 0.224 e. The molecule has 6 nitrogen and oxygen atoms in total. The highest BCUT2D eigenvalue weighted by atomic mass is 32.2. The van der Waals surface area contributed by atoms with Crippen LogP contribution in [0.1, 0.15) is 32.3 Å². The number of rotatable bonds is 7. The average Bonchev–Trinajstić information content (AvgIpc) is 2.61.